The normalized spacial score (nSPS) is 9.83. The number of carbonyl (C=O) groups excluding carboxylic acids is 3. The van der Waals surface area contributed by atoms with E-state index in [9.17, 15) is 14.4 Å². The lowest BCUT2D eigenvalue weighted by atomic mass is 10.4. The molecular formula is C15H20O9. The Morgan fingerprint density at radius 3 is 1.62 bits per heavy atom. The van der Waals surface area contributed by atoms with Crippen molar-refractivity contribution < 1.29 is 42.8 Å². The molecule has 9 nitrogen and oxygen atoms in total. The molecule has 0 rings (SSSR count). The van der Waals surface area contributed by atoms with Crippen LogP contribution in [0.4, 0.5) is 0 Å². The number of methoxy groups -OCH3 is 3. The Hall–Kier alpha value is -2.97. The Labute approximate surface area is 139 Å². The third kappa shape index (κ3) is 5.67. The Balaban J connectivity index is 5.72. The Kier molecular flexibility index (Phi) is 8.70. The largest absolute Gasteiger partial charge is 0.485 e. The molecule has 9 heteroatoms. The Morgan fingerprint density at radius 1 is 0.875 bits per heavy atom. The molecule has 0 unspecified atom stereocenters. The quantitative estimate of drug-likeness (QED) is 0.250. The fourth-order valence-corrected chi connectivity index (χ4v) is 1.38. The molecule has 0 atom stereocenters. The zero-order chi connectivity index (χ0) is 18.8. The molecule has 0 N–H and O–H groups in total. The first-order chi connectivity index (χ1) is 11.3. The predicted molar refractivity (Wildman–Crippen MR) is 79.7 cm³/mol. The summed E-state index contributed by atoms with van der Waals surface area (Å²) in [7, 11) is 3.62. The molecule has 0 aromatic rings. The number of esters is 3. The van der Waals surface area contributed by atoms with Gasteiger partial charge in [0.2, 0.25) is 0 Å². The van der Waals surface area contributed by atoms with Crippen molar-refractivity contribution in [2.45, 2.75) is 19.3 Å². The first kappa shape index (κ1) is 21.0. The van der Waals surface area contributed by atoms with Gasteiger partial charge in [0.15, 0.2) is 0 Å². The summed E-state index contributed by atoms with van der Waals surface area (Å²) >= 11 is 0. The molecule has 24 heavy (non-hydrogen) atoms. The molecule has 0 saturated carbocycles. The average molecular weight is 344 g/mol. The molecule has 0 aliphatic heterocycles. The van der Waals surface area contributed by atoms with Gasteiger partial charge < -0.3 is 28.4 Å². The minimum atomic E-state index is -2.34. The van der Waals surface area contributed by atoms with E-state index in [1.165, 1.54) is 21.1 Å². The molecule has 0 aliphatic carbocycles. The third-order valence-electron chi connectivity index (χ3n) is 2.47. The molecule has 0 aromatic heterocycles. The molecule has 0 bridgehead atoms. The second-order valence-electron chi connectivity index (χ2n) is 3.91. The minimum Gasteiger partial charge on any atom is -0.485 e. The number of ether oxygens (including phenoxy) is 6. The summed E-state index contributed by atoms with van der Waals surface area (Å²) in [6.45, 7) is 7.88. The van der Waals surface area contributed by atoms with E-state index in [0.29, 0.717) is 0 Å². The van der Waals surface area contributed by atoms with Crippen LogP contribution < -0.4 is 0 Å². The lowest BCUT2D eigenvalue weighted by molar-refractivity contribution is -0.326. The van der Waals surface area contributed by atoms with Crippen LogP contribution in [0.1, 0.15) is 13.3 Å². The zero-order valence-corrected chi connectivity index (χ0v) is 14.0. The predicted octanol–water partition coefficient (Wildman–Crippen LogP) is 1.16. The molecule has 0 aliphatic rings. The van der Waals surface area contributed by atoms with Crippen molar-refractivity contribution in [3.63, 3.8) is 0 Å². The summed E-state index contributed by atoms with van der Waals surface area (Å²) in [5.41, 5.74) is 0. The van der Waals surface area contributed by atoms with E-state index in [1.54, 1.807) is 0 Å². The number of hydrogen-bond acceptors (Lipinski definition) is 9. The molecule has 0 fully saturated rings. The molecule has 0 radical (unpaired) electrons. The zero-order valence-electron chi connectivity index (χ0n) is 14.0. The number of carbonyl (C=O) groups is 3. The summed E-state index contributed by atoms with van der Waals surface area (Å²) < 4.78 is 29.2. The third-order valence-corrected chi connectivity index (χ3v) is 2.47. The van der Waals surface area contributed by atoms with Crippen molar-refractivity contribution in [3.8, 4) is 0 Å². The number of rotatable bonds is 10. The molecule has 0 saturated heterocycles. The first-order valence-corrected chi connectivity index (χ1v) is 6.63. The van der Waals surface area contributed by atoms with E-state index in [2.05, 4.69) is 13.2 Å². The molecule has 0 spiro atoms. The van der Waals surface area contributed by atoms with Crippen molar-refractivity contribution in [1.82, 2.24) is 0 Å². The van der Waals surface area contributed by atoms with Gasteiger partial charge >= 0.3 is 29.8 Å². The maximum absolute atomic E-state index is 12.2. The summed E-state index contributed by atoms with van der Waals surface area (Å²) in [4.78, 5) is 35.2. The van der Waals surface area contributed by atoms with Crippen LogP contribution in [-0.2, 0) is 42.8 Å². The van der Waals surface area contributed by atoms with Crippen LogP contribution in [0, 0.1) is 0 Å². The van der Waals surface area contributed by atoms with E-state index in [-0.39, 0.29) is 12.4 Å². The van der Waals surface area contributed by atoms with Gasteiger partial charge in [0.1, 0.15) is 0 Å². The van der Waals surface area contributed by atoms with Crippen molar-refractivity contribution >= 4 is 17.9 Å². The highest BCUT2D eigenvalue weighted by Crippen LogP contribution is 2.24. The molecule has 134 valence electrons. The SMILES string of the molecule is C=CC(=O)OC(CC)(OC(=O)C=C)OC(=O)C(OC)=C(OC)OC. The van der Waals surface area contributed by atoms with Gasteiger partial charge in [0.05, 0.1) is 27.8 Å². The van der Waals surface area contributed by atoms with E-state index < -0.39 is 29.6 Å². The van der Waals surface area contributed by atoms with Gasteiger partial charge in [0, 0.05) is 12.2 Å². The molecular weight excluding hydrogens is 324 g/mol. The number of hydrogen-bond donors (Lipinski definition) is 0. The van der Waals surface area contributed by atoms with Gasteiger partial charge in [-0.2, -0.15) is 0 Å². The van der Waals surface area contributed by atoms with E-state index >= 15 is 0 Å². The lowest BCUT2D eigenvalue weighted by Gasteiger charge is -2.29. The summed E-state index contributed by atoms with van der Waals surface area (Å²) in [5.74, 6) is -6.23. The fraction of sp³-hybridized carbons (Fsp3) is 0.400. The van der Waals surface area contributed by atoms with E-state index in [1.807, 2.05) is 0 Å². The van der Waals surface area contributed by atoms with Gasteiger partial charge in [-0.15, -0.1) is 0 Å². The first-order valence-electron chi connectivity index (χ1n) is 6.63. The van der Waals surface area contributed by atoms with Crippen molar-refractivity contribution in [2.75, 3.05) is 21.3 Å². The van der Waals surface area contributed by atoms with Gasteiger partial charge in [-0.25, -0.2) is 14.4 Å². The van der Waals surface area contributed by atoms with Gasteiger partial charge in [-0.05, 0) is 0 Å². The van der Waals surface area contributed by atoms with Crippen LogP contribution in [0.2, 0.25) is 0 Å². The van der Waals surface area contributed by atoms with Gasteiger partial charge in [0.25, 0.3) is 5.76 Å². The second kappa shape index (κ2) is 9.93. The molecule has 0 amide bonds. The van der Waals surface area contributed by atoms with Crippen LogP contribution in [0.3, 0.4) is 0 Å². The fourth-order valence-electron chi connectivity index (χ4n) is 1.38. The molecule has 0 heterocycles. The molecule has 0 aromatic carbocycles. The van der Waals surface area contributed by atoms with Gasteiger partial charge in [-0.1, -0.05) is 20.1 Å². The van der Waals surface area contributed by atoms with Crippen LogP contribution in [0.25, 0.3) is 0 Å². The highest BCUT2D eigenvalue weighted by molar-refractivity contribution is 5.88. The van der Waals surface area contributed by atoms with Crippen LogP contribution in [0.5, 0.6) is 0 Å². The summed E-state index contributed by atoms with van der Waals surface area (Å²) in [5, 5.41) is 0. The Bertz CT molecular complexity index is 505. The summed E-state index contributed by atoms with van der Waals surface area (Å²) in [6, 6.07) is 0. The topological polar surface area (TPSA) is 107 Å². The highest BCUT2D eigenvalue weighted by Gasteiger charge is 2.43. The monoisotopic (exact) mass is 344 g/mol. The standard InChI is InChI=1S/C15H20O9/c1-7-10(16)22-15(9-3,23-11(17)8-2)24-13(18)12(19-4)14(20-5)21-6/h7-8H,1-2,9H2,3-6H3. The van der Waals surface area contributed by atoms with Crippen molar-refractivity contribution in [1.29, 1.82) is 0 Å². The lowest BCUT2D eigenvalue weighted by Crippen LogP contribution is -2.44. The minimum absolute atomic E-state index is 0.218. The maximum atomic E-state index is 12.2. The summed E-state index contributed by atoms with van der Waals surface area (Å²) in [6.07, 6.45) is 1.40. The van der Waals surface area contributed by atoms with E-state index in [4.69, 9.17) is 28.4 Å². The van der Waals surface area contributed by atoms with Crippen molar-refractivity contribution in [3.05, 3.63) is 37.0 Å². The average Bonchev–Trinajstić information content (AvgIpc) is 2.58. The maximum Gasteiger partial charge on any atom is 0.423 e. The van der Waals surface area contributed by atoms with Crippen LogP contribution in [-0.4, -0.2) is 45.2 Å². The van der Waals surface area contributed by atoms with Crippen LogP contribution >= 0.6 is 0 Å². The van der Waals surface area contributed by atoms with Gasteiger partial charge in [-0.3, -0.25) is 0 Å². The highest BCUT2D eigenvalue weighted by atomic mass is 16.9. The smallest absolute Gasteiger partial charge is 0.423 e. The second-order valence-corrected chi connectivity index (χ2v) is 3.91. The van der Waals surface area contributed by atoms with E-state index in [0.717, 1.165) is 19.3 Å². The Morgan fingerprint density at radius 2 is 1.33 bits per heavy atom. The van der Waals surface area contributed by atoms with Crippen molar-refractivity contribution in [2.24, 2.45) is 0 Å². The van der Waals surface area contributed by atoms with Crippen LogP contribution in [0.15, 0.2) is 37.0 Å².